The fraction of sp³-hybridized carbons (Fsp3) is 0.467. The van der Waals surface area contributed by atoms with Gasteiger partial charge in [-0.3, -0.25) is 14.9 Å². The molecule has 0 saturated carbocycles. The first-order valence-electron chi connectivity index (χ1n) is 7.06. The molecule has 1 fully saturated rings. The molecule has 1 aliphatic rings. The highest BCUT2D eigenvalue weighted by Crippen LogP contribution is 2.12. The summed E-state index contributed by atoms with van der Waals surface area (Å²) in [6.07, 6.45) is 2.06. The summed E-state index contributed by atoms with van der Waals surface area (Å²) < 4.78 is 5.41. The maximum atomic E-state index is 11.7. The van der Waals surface area contributed by atoms with Gasteiger partial charge in [-0.25, -0.2) is 0 Å². The van der Waals surface area contributed by atoms with Crippen LogP contribution in [0.1, 0.15) is 24.4 Å². The fourth-order valence-corrected chi connectivity index (χ4v) is 2.28. The van der Waals surface area contributed by atoms with Crippen LogP contribution in [0.25, 0.3) is 0 Å². The molecule has 1 heterocycles. The molecule has 1 aromatic rings. The highest BCUT2D eigenvalue weighted by atomic mass is 16.5. The van der Waals surface area contributed by atoms with Crippen LogP contribution in [0, 0.1) is 0 Å². The Bertz CT molecular complexity index is 472. The summed E-state index contributed by atoms with van der Waals surface area (Å²) in [4.78, 5) is 23.0. The van der Waals surface area contributed by atoms with E-state index >= 15 is 0 Å². The third-order valence-electron chi connectivity index (χ3n) is 3.40. The Morgan fingerprint density at radius 2 is 2.10 bits per heavy atom. The number of carboxylic acids is 1. The largest absolute Gasteiger partial charge is 0.480 e. The minimum Gasteiger partial charge on any atom is -0.480 e. The molecule has 0 aliphatic carbocycles. The van der Waals surface area contributed by atoms with Crippen molar-refractivity contribution < 1.29 is 19.4 Å². The van der Waals surface area contributed by atoms with Gasteiger partial charge in [0.15, 0.2) is 0 Å². The number of hydrogen-bond donors (Lipinski definition) is 3. The van der Waals surface area contributed by atoms with Crippen LogP contribution in [0.4, 0.5) is 0 Å². The Morgan fingerprint density at radius 1 is 1.33 bits per heavy atom. The predicted octanol–water partition coefficient (Wildman–Crippen LogP) is 0.697. The van der Waals surface area contributed by atoms with E-state index in [0.717, 1.165) is 19.4 Å². The summed E-state index contributed by atoms with van der Waals surface area (Å²) in [5.74, 6) is -1.24. The van der Waals surface area contributed by atoms with Crippen LogP contribution in [0.15, 0.2) is 30.3 Å². The van der Waals surface area contributed by atoms with Crippen LogP contribution < -0.4 is 10.6 Å². The maximum absolute atomic E-state index is 11.7. The zero-order valence-corrected chi connectivity index (χ0v) is 11.7. The number of benzene rings is 1. The average Bonchev–Trinajstić information content (AvgIpc) is 2.99. The van der Waals surface area contributed by atoms with Crippen molar-refractivity contribution in [1.82, 2.24) is 10.6 Å². The zero-order chi connectivity index (χ0) is 15.1. The lowest BCUT2D eigenvalue weighted by molar-refractivity contribution is -0.139. The number of aliphatic carboxylic acids is 1. The van der Waals surface area contributed by atoms with Gasteiger partial charge >= 0.3 is 5.97 Å². The number of amides is 1. The smallest absolute Gasteiger partial charge is 0.325 e. The molecule has 0 aromatic heterocycles. The van der Waals surface area contributed by atoms with Crippen LogP contribution in [0.3, 0.4) is 0 Å². The summed E-state index contributed by atoms with van der Waals surface area (Å²) in [6.45, 7) is 1.18. The van der Waals surface area contributed by atoms with E-state index in [0.29, 0.717) is 12.1 Å². The van der Waals surface area contributed by atoms with Crippen molar-refractivity contribution in [2.45, 2.75) is 25.0 Å². The van der Waals surface area contributed by atoms with E-state index in [4.69, 9.17) is 4.74 Å². The summed E-state index contributed by atoms with van der Waals surface area (Å²) in [5, 5.41) is 14.7. The second-order valence-electron chi connectivity index (χ2n) is 5.00. The molecule has 1 aromatic carbocycles. The van der Waals surface area contributed by atoms with E-state index in [-0.39, 0.29) is 18.6 Å². The molecule has 6 heteroatoms. The molecule has 2 unspecified atom stereocenters. The summed E-state index contributed by atoms with van der Waals surface area (Å²) in [6, 6.07) is 7.90. The Labute approximate surface area is 123 Å². The van der Waals surface area contributed by atoms with E-state index < -0.39 is 12.0 Å². The van der Waals surface area contributed by atoms with Crippen LogP contribution in [-0.4, -0.2) is 42.8 Å². The fourth-order valence-electron chi connectivity index (χ4n) is 2.28. The van der Waals surface area contributed by atoms with Crippen molar-refractivity contribution in [1.29, 1.82) is 0 Å². The zero-order valence-electron chi connectivity index (χ0n) is 11.7. The van der Waals surface area contributed by atoms with Gasteiger partial charge in [0.05, 0.1) is 12.6 Å². The van der Waals surface area contributed by atoms with Gasteiger partial charge in [0, 0.05) is 13.2 Å². The van der Waals surface area contributed by atoms with E-state index in [2.05, 4.69) is 10.6 Å². The number of carbonyl (C=O) groups is 2. The van der Waals surface area contributed by atoms with Gasteiger partial charge in [0.1, 0.15) is 6.04 Å². The Hall–Kier alpha value is -1.92. The minimum atomic E-state index is -1.01. The van der Waals surface area contributed by atoms with Crippen LogP contribution in [-0.2, 0) is 14.3 Å². The monoisotopic (exact) mass is 292 g/mol. The lowest BCUT2D eigenvalue weighted by Gasteiger charge is -2.15. The summed E-state index contributed by atoms with van der Waals surface area (Å²) >= 11 is 0. The molecule has 0 radical (unpaired) electrons. The molecular weight excluding hydrogens is 272 g/mol. The standard InChI is InChI=1S/C15H20N2O4/c18-13(16-9-12-7-4-8-21-12)10-17-14(15(19)20)11-5-2-1-3-6-11/h1-3,5-6,12,14,17H,4,7-10H2,(H,16,18)(H,19,20). The predicted molar refractivity (Wildman–Crippen MR) is 76.8 cm³/mol. The molecule has 1 saturated heterocycles. The maximum Gasteiger partial charge on any atom is 0.325 e. The minimum absolute atomic E-state index is 0.0431. The van der Waals surface area contributed by atoms with Crippen LogP contribution >= 0.6 is 0 Å². The summed E-state index contributed by atoms with van der Waals surface area (Å²) in [7, 11) is 0. The van der Waals surface area contributed by atoms with Crippen molar-refractivity contribution in [3.05, 3.63) is 35.9 Å². The topological polar surface area (TPSA) is 87.7 Å². The first-order chi connectivity index (χ1) is 10.2. The van der Waals surface area contributed by atoms with Gasteiger partial charge in [-0.2, -0.15) is 0 Å². The normalized spacial score (nSPS) is 19.1. The molecule has 0 spiro atoms. The average molecular weight is 292 g/mol. The van der Waals surface area contributed by atoms with Gasteiger partial charge in [-0.15, -0.1) is 0 Å². The first kappa shape index (κ1) is 15.5. The van der Waals surface area contributed by atoms with Gasteiger partial charge in [0.2, 0.25) is 5.91 Å². The third kappa shape index (κ3) is 4.84. The van der Waals surface area contributed by atoms with Gasteiger partial charge in [-0.1, -0.05) is 30.3 Å². The SMILES string of the molecule is O=C(CNC(C(=O)O)c1ccccc1)NCC1CCCO1. The van der Waals surface area contributed by atoms with Gasteiger partial charge in [-0.05, 0) is 18.4 Å². The molecular formula is C15H20N2O4. The number of nitrogens with one attached hydrogen (secondary N) is 2. The van der Waals surface area contributed by atoms with Crippen molar-refractivity contribution in [3.8, 4) is 0 Å². The molecule has 3 N–H and O–H groups in total. The highest BCUT2D eigenvalue weighted by Gasteiger charge is 2.20. The molecule has 114 valence electrons. The van der Waals surface area contributed by atoms with E-state index in [1.165, 1.54) is 0 Å². The molecule has 2 atom stereocenters. The second kappa shape index (κ2) is 7.75. The molecule has 6 nitrogen and oxygen atoms in total. The van der Waals surface area contributed by atoms with Crippen molar-refractivity contribution in [3.63, 3.8) is 0 Å². The Morgan fingerprint density at radius 3 is 2.71 bits per heavy atom. The van der Waals surface area contributed by atoms with Crippen LogP contribution in [0.5, 0.6) is 0 Å². The lowest BCUT2D eigenvalue weighted by Crippen LogP contribution is -2.40. The third-order valence-corrected chi connectivity index (χ3v) is 3.40. The number of carbonyl (C=O) groups excluding carboxylic acids is 1. The van der Waals surface area contributed by atoms with Gasteiger partial charge < -0.3 is 15.2 Å². The quantitative estimate of drug-likeness (QED) is 0.688. The van der Waals surface area contributed by atoms with E-state index in [1.54, 1.807) is 24.3 Å². The molecule has 1 aliphatic heterocycles. The first-order valence-corrected chi connectivity index (χ1v) is 7.06. The second-order valence-corrected chi connectivity index (χ2v) is 5.00. The van der Waals surface area contributed by atoms with Crippen molar-refractivity contribution in [2.24, 2.45) is 0 Å². The highest BCUT2D eigenvalue weighted by molar-refractivity contribution is 5.80. The molecule has 21 heavy (non-hydrogen) atoms. The summed E-state index contributed by atoms with van der Waals surface area (Å²) in [5.41, 5.74) is 0.622. The van der Waals surface area contributed by atoms with E-state index in [9.17, 15) is 14.7 Å². The van der Waals surface area contributed by atoms with Crippen molar-refractivity contribution >= 4 is 11.9 Å². The lowest BCUT2D eigenvalue weighted by atomic mass is 10.1. The van der Waals surface area contributed by atoms with Crippen LogP contribution in [0.2, 0.25) is 0 Å². The Kier molecular flexibility index (Phi) is 5.71. The number of carboxylic acid groups (broad SMARTS) is 1. The number of hydrogen-bond acceptors (Lipinski definition) is 4. The molecule has 0 bridgehead atoms. The molecule has 2 rings (SSSR count). The number of rotatable bonds is 7. The van der Waals surface area contributed by atoms with Gasteiger partial charge in [0.25, 0.3) is 0 Å². The van der Waals surface area contributed by atoms with Crippen molar-refractivity contribution in [2.75, 3.05) is 19.7 Å². The molecule has 1 amide bonds. The Balaban J connectivity index is 1.78. The van der Waals surface area contributed by atoms with E-state index in [1.807, 2.05) is 6.07 Å². The number of ether oxygens (including phenoxy) is 1.